The summed E-state index contributed by atoms with van der Waals surface area (Å²) in [4.78, 5) is 11.2. The molecule has 35 heavy (non-hydrogen) atoms. The number of hydrogen-bond acceptors (Lipinski definition) is 6. The van der Waals surface area contributed by atoms with Crippen LogP contribution < -0.4 is 9.64 Å². The molecule has 0 spiro atoms. The fourth-order valence-corrected chi connectivity index (χ4v) is 4.24. The van der Waals surface area contributed by atoms with Gasteiger partial charge in [0.2, 0.25) is 0 Å². The molecule has 3 aromatic rings. The summed E-state index contributed by atoms with van der Waals surface area (Å²) in [5.74, 6) is 1.21. The Hall–Kier alpha value is -3.95. The minimum Gasteiger partial charge on any atom is -0.455 e. The molecule has 0 fully saturated rings. The molecule has 1 unspecified atom stereocenters. The number of anilines is 1. The maximum atomic E-state index is 10.2. The predicted octanol–water partition coefficient (Wildman–Crippen LogP) is 6.04. The van der Waals surface area contributed by atoms with Gasteiger partial charge in [-0.1, -0.05) is 0 Å². The second-order valence-corrected chi connectivity index (χ2v) is 8.43. The second-order valence-electron chi connectivity index (χ2n) is 8.43. The zero-order chi connectivity index (χ0) is 24.9. The Balaban J connectivity index is 1.84. The van der Waals surface area contributed by atoms with Gasteiger partial charge in [0.1, 0.15) is 23.2 Å². The molecule has 1 aromatic carbocycles. The number of aromatic nitrogens is 2. The third kappa shape index (κ3) is 4.96. The number of nitrogens with zero attached hydrogens (tertiary/aromatic N) is 4. The number of benzene rings is 1. The van der Waals surface area contributed by atoms with E-state index in [-0.39, 0.29) is 6.10 Å². The van der Waals surface area contributed by atoms with E-state index in [1.165, 1.54) is 0 Å². The first-order chi connectivity index (χ1) is 17.0. The van der Waals surface area contributed by atoms with Crippen molar-refractivity contribution in [2.24, 2.45) is 0 Å². The summed E-state index contributed by atoms with van der Waals surface area (Å²) >= 11 is 0. The van der Waals surface area contributed by atoms with Crippen LogP contribution in [0.5, 0.6) is 5.75 Å². The van der Waals surface area contributed by atoms with E-state index < -0.39 is 0 Å². The topological polar surface area (TPSA) is 71.3 Å². The number of pyridine rings is 2. The van der Waals surface area contributed by atoms with E-state index in [0.717, 1.165) is 46.7 Å². The van der Waals surface area contributed by atoms with Gasteiger partial charge in [0, 0.05) is 49.9 Å². The van der Waals surface area contributed by atoms with Crippen molar-refractivity contribution in [3.8, 4) is 23.2 Å². The molecular weight excluding hydrogens is 436 g/mol. The molecule has 1 aliphatic heterocycles. The number of fused-ring (bicyclic) bond motifs is 1. The molecule has 0 bridgehead atoms. The lowest BCUT2D eigenvalue weighted by atomic mass is 9.94. The Bertz CT molecular complexity index is 1330. The van der Waals surface area contributed by atoms with Crippen LogP contribution in [0.3, 0.4) is 0 Å². The molecule has 1 atom stereocenters. The molecule has 0 amide bonds. The highest BCUT2D eigenvalue weighted by molar-refractivity contribution is 5.87. The van der Waals surface area contributed by atoms with Crippen molar-refractivity contribution >= 4 is 16.8 Å². The number of aryl methyl sites for hydroxylation is 1. The number of ether oxygens (including phenoxy) is 2. The molecule has 0 N–H and O–H groups in total. The summed E-state index contributed by atoms with van der Waals surface area (Å²) in [6.45, 7) is 10.1. The van der Waals surface area contributed by atoms with Gasteiger partial charge >= 0.3 is 0 Å². The molecule has 6 heteroatoms. The summed E-state index contributed by atoms with van der Waals surface area (Å²) in [7, 11) is 1.68. The second kappa shape index (κ2) is 10.5. The fourth-order valence-electron chi connectivity index (χ4n) is 4.24. The van der Waals surface area contributed by atoms with Crippen LogP contribution in [0.25, 0.3) is 22.5 Å². The quantitative estimate of drug-likeness (QED) is 0.395. The zero-order valence-electron chi connectivity index (χ0n) is 20.9. The highest BCUT2D eigenvalue weighted by atomic mass is 16.5. The van der Waals surface area contributed by atoms with E-state index in [2.05, 4.69) is 46.9 Å². The van der Waals surface area contributed by atoms with Gasteiger partial charge in [-0.15, -0.1) is 0 Å². The Labute approximate surface area is 207 Å². The van der Waals surface area contributed by atoms with Gasteiger partial charge in [-0.3, -0.25) is 9.97 Å². The van der Waals surface area contributed by atoms with E-state index in [0.29, 0.717) is 22.8 Å². The van der Waals surface area contributed by atoms with Gasteiger partial charge in [-0.25, -0.2) is 0 Å². The van der Waals surface area contributed by atoms with Gasteiger partial charge < -0.3 is 14.4 Å². The minimum atomic E-state index is -0.170. The molecular formula is C29H30N4O2. The van der Waals surface area contributed by atoms with E-state index in [1.54, 1.807) is 19.5 Å². The minimum absolute atomic E-state index is 0.170. The van der Waals surface area contributed by atoms with Crippen LogP contribution in [0, 0.1) is 18.3 Å². The average molecular weight is 467 g/mol. The van der Waals surface area contributed by atoms with Crippen LogP contribution >= 0.6 is 0 Å². The number of hydrogen-bond donors (Lipinski definition) is 0. The van der Waals surface area contributed by atoms with Crippen LogP contribution in [-0.4, -0.2) is 36.3 Å². The molecule has 0 saturated carbocycles. The first-order valence-electron chi connectivity index (χ1n) is 11.8. The molecule has 0 saturated heterocycles. The number of allylic oxidation sites excluding steroid dienone is 2. The lowest BCUT2D eigenvalue weighted by molar-refractivity contribution is 0.163. The largest absolute Gasteiger partial charge is 0.455 e. The lowest BCUT2D eigenvalue weighted by Crippen LogP contribution is -2.22. The van der Waals surface area contributed by atoms with Crippen LogP contribution in [0.1, 0.15) is 37.5 Å². The van der Waals surface area contributed by atoms with E-state index in [1.807, 2.05) is 50.3 Å². The fraction of sp³-hybridized carbons (Fsp3) is 0.276. The van der Waals surface area contributed by atoms with Crippen molar-refractivity contribution in [1.29, 1.82) is 5.26 Å². The summed E-state index contributed by atoms with van der Waals surface area (Å²) in [5, 5.41) is 10.2. The number of rotatable bonds is 7. The standard InChI is InChI=1S/C29H30N4O2/c1-6-33(7-2)22-8-9-23-24(20(4)34-5)17-29(35-28(23)16-22)25(18-30)21-11-13-32-27(15-21)26-14-19(3)10-12-31-26/h8-17,20H,6-7H2,1-5H3/b29-25-. The van der Waals surface area contributed by atoms with Crippen LogP contribution in [0.15, 0.2) is 66.7 Å². The lowest BCUT2D eigenvalue weighted by Gasteiger charge is -2.27. The highest BCUT2D eigenvalue weighted by Crippen LogP contribution is 2.40. The van der Waals surface area contributed by atoms with Gasteiger partial charge in [-0.05, 0) is 86.9 Å². The Morgan fingerprint density at radius 1 is 1.06 bits per heavy atom. The number of nitriles is 1. The van der Waals surface area contributed by atoms with Crippen LogP contribution in [-0.2, 0) is 4.74 Å². The van der Waals surface area contributed by atoms with Crippen LogP contribution in [0.2, 0.25) is 0 Å². The van der Waals surface area contributed by atoms with Gasteiger partial charge in [0.15, 0.2) is 0 Å². The predicted molar refractivity (Wildman–Crippen MR) is 140 cm³/mol. The highest BCUT2D eigenvalue weighted by Gasteiger charge is 2.25. The average Bonchev–Trinajstić information content (AvgIpc) is 2.89. The molecule has 6 nitrogen and oxygen atoms in total. The van der Waals surface area contributed by atoms with Crippen molar-refractivity contribution in [2.45, 2.75) is 33.8 Å². The van der Waals surface area contributed by atoms with Gasteiger partial charge in [0.05, 0.1) is 17.5 Å². The van der Waals surface area contributed by atoms with Crippen molar-refractivity contribution in [3.05, 3.63) is 83.4 Å². The monoisotopic (exact) mass is 466 g/mol. The SMILES string of the molecule is CCN(CC)c1ccc2c(c1)O/C(=C(/C#N)c1ccnc(-c3cc(C)ccn3)c1)C=C2C(C)OC. The summed E-state index contributed by atoms with van der Waals surface area (Å²) < 4.78 is 12.0. The van der Waals surface area contributed by atoms with Crippen molar-refractivity contribution in [2.75, 3.05) is 25.1 Å². The molecule has 3 heterocycles. The first kappa shape index (κ1) is 24.2. The maximum Gasteiger partial charge on any atom is 0.146 e. The van der Waals surface area contributed by atoms with Gasteiger partial charge in [-0.2, -0.15) is 5.26 Å². The summed E-state index contributed by atoms with van der Waals surface area (Å²) in [6, 6.07) is 16.2. The maximum absolute atomic E-state index is 10.2. The molecule has 0 aliphatic carbocycles. The molecule has 4 rings (SSSR count). The van der Waals surface area contributed by atoms with Crippen molar-refractivity contribution in [3.63, 3.8) is 0 Å². The van der Waals surface area contributed by atoms with E-state index in [4.69, 9.17) is 9.47 Å². The molecule has 0 radical (unpaired) electrons. The first-order valence-corrected chi connectivity index (χ1v) is 11.8. The van der Waals surface area contributed by atoms with Crippen molar-refractivity contribution in [1.82, 2.24) is 9.97 Å². The van der Waals surface area contributed by atoms with Gasteiger partial charge in [0.25, 0.3) is 0 Å². The Kier molecular flexibility index (Phi) is 7.28. The normalized spacial score (nSPS) is 14.8. The third-order valence-electron chi connectivity index (χ3n) is 6.29. The molecule has 2 aromatic heterocycles. The smallest absolute Gasteiger partial charge is 0.146 e. The Morgan fingerprint density at radius 3 is 2.43 bits per heavy atom. The van der Waals surface area contributed by atoms with Crippen molar-refractivity contribution < 1.29 is 9.47 Å². The van der Waals surface area contributed by atoms with Crippen LogP contribution in [0.4, 0.5) is 5.69 Å². The summed E-state index contributed by atoms with van der Waals surface area (Å²) in [5.41, 5.74) is 6.73. The molecule has 1 aliphatic rings. The number of methoxy groups -OCH3 is 1. The zero-order valence-corrected chi connectivity index (χ0v) is 20.9. The molecule has 178 valence electrons. The van der Waals surface area contributed by atoms with E-state index >= 15 is 0 Å². The summed E-state index contributed by atoms with van der Waals surface area (Å²) in [6.07, 6.45) is 5.20. The third-order valence-corrected chi connectivity index (χ3v) is 6.29. The van der Waals surface area contributed by atoms with E-state index in [9.17, 15) is 5.26 Å². The Morgan fingerprint density at radius 2 is 1.77 bits per heavy atom.